The van der Waals surface area contributed by atoms with Crippen molar-refractivity contribution in [1.29, 1.82) is 0 Å². The van der Waals surface area contributed by atoms with Crippen LogP contribution < -0.4 is 10.2 Å². The number of carbonyl (C=O) groups excluding carboxylic acids is 2. The number of nitrogens with one attached hydrogen (secondary N) is 1. The van der Waals surface area contributed by atoms with Crippen molar-refractivity contribution < 1.29 is 14.3 Å². The van der Waals surface area contributed by atoms with Gasteiger partial charge in [0.1, 0.15) is 5.75 Å². The molecule has 1 N–H and O–H groups in total. The summed E-state index contributed by atoms with van der Waals surface area (Å²) in [6.07, 6.45) is 1.37. The van der Waals surface area contributed by atoms with E-state index in [1.165, 1.54) is 18.3 Å². The highest BCUT2D eigenvalue weighted by molar-refractivity contribution is 6.36. The van der Waals surface area contributed by atoms with Gasteiger partial charge >= 0.3 is 5.97 Å². The smallest absolute Gasteiger partial charge is 0.343 e. The van der Waals surface area contributed by atoms with Crippen LogP contribution in [-0.2, 0) is 0 Å². The Morgan fingerprint density at radius 2 is 1.59 bits per heavy atom. The maximum atomic E-state index is 12.3. The number of hydrazone groups is 1. The van der Waals surface area contributed by atoms with Crippen LogP contribution >= 0.6 is 34.8 Å². The van der Waals surface area contributed by atoms with Crippen molar-refractivity contribution in [3.63, 3.8) is 0 Å². The van der Waals surface area contributed by atoms with Gasteiger partial charge in [-0.05, 0) is 54.6 Å². The predicted octanol–water partition coefficient (Wildman–Crippen LogP) is 5.63. The van der Waals surface area contributed by atoms with E-state index in [0.29, 0.717) is 21.2 Å². The lowest BCUT2D eigenvalue weighted by atomic mass is 10.2. The van der Waals surface area contributed by atoms with Gasteiger partial charge in [-0.3, -0.25) is 4.79 Å². The van der Waals surface area contributed by atoms with E-state index in [9.17, 15) is 9.59 Å². The highest BCUT2D eigenvalue weighted by Gasteiger charge is 2.12. The molecule has 0 fully saturated rings. The molecule has 0 aliphatic rings. The third-order valence-corrected chi connectivity index (χ3v) is 4.55. The lowest BCUT2D eigenvalue weighted by molar-refractivity contribution is 0.0734. The summed E-state index contributed by atoms with van der Waals surface area (Å²) < 4.78 is 5.42. The second-order valence-electron chi connectivity index (χ2n) is 5.76. The average Bonchev–Trinajstić information content (AvgIpc) is 2.69. The minimum atomic E-state index is -0.542. The molecule has 0 saturated heterocycles. The van der Waals surface area contributed by atoms with Crippen LogP contribution in [0.25, 0.3) is 0 Å². The minimum Gasteiger partial charge on any atom is -0.422 e. The molecule has 1 amide bonds. The highest BCUT2D eigenvalue weighted by Crippen LogP contribution is 2.21. The summed E-state index contributed by atoms with van der Waals surface area (Å²) in [5.74, 6) is -0.756. The van der Waals surface area contributed by atoms with Crippen molar-refractivity contribution in [2.24, 2.45) is 5.10 Å². The fourth-order valence-electron chi connectivity index (χ4n) is 2.32. The van der Waals surface area contributed by atoms with E-state index in [-0.39, 0.29) is 16.3 Å². The number of para-hydroxylation sites is 1. The molecule has 8 heteroatoms. The Morgan fingerprint density at radius 3 is 2.31 bits per heavy atom. The van der Waals surface area contributed by atoms with E-state index in [4.69, 9.17) is 39.5 Å². The molecule has 0 aliphatic heterocycles. The topological polar surface area (TPSA) is 67.8 Å². The van der Waals surface area contributed by atoms with Crippen LogP contribution in [0.1, 0.15) is 26.3 Å². The van der Waals surface area contributed by atoms with Crippen molar-refractivity contribution in [3.8, 4) is 5.75 Å². The van der Waals surface area contributed by atoms with Crippen molar-refractivity contribution in [2.75, 3.05) is 0 Å². The molecule has 0 bridgehead atoms. The summed E-state index contributed by atoms with van der Waals surface area (Å²) in [6.45, 7) is 0. The maximum Gasteiger partial charge on any atom is 0.343 e. The number of amides is 1. The van der Waals surface area contributed by atoms with Gasteiger partial charge in [0.25, 0.3) is 5.91 Å². The number of carbonyl (C=O) groups is 2. The largest absolute Gasteiger partial charge is 0.422 e. The zero-order valence-corrected chi connectivity index (χ0v) is 17.0. The Kier molecular flexibility index (Phi) is 6.88. The van der Waals surface area contributed by atoms with Gasteiger partial charge < -0.3 is 4.74 Å². The SMILES string of the molecule is O=C(Oc1ccccc1C=NNC(=O)c1ccc(Cl)cc1Cl)c1ccc(Cl)cc1. The van der Waals surface area contributed by atoms with E-state index < -0.39 is 11.9 Å². The van der Waals surface area contributed by atoms with E-state index >= 15 is 0 Å². The molecule has 0 aromatic heterocycles. The van der Waals surface area contributed by atoms with E-state index in [1.807, 2.05) is 0 Å². The number of rotatable bonds is 5. The van der Waals surface area contributed by atoms with Crippen molar-refractivity contribution in [1.82, 2.24) is 5.43 Å². The molecule has 0 heterocycles. The van der Waals surface area contributed by atoms with E-state index in [0.717, 1.165) is 0 Å². The summed E-state index contributed by atoms with van der Waals surface area (Å²) in [4.78, 5) is 24.5. The lowest BCUT2D eigenvalue weighted by Gasteiger charge is -2.07. The maximum absolute atomic E-state index is 12.3. The molecular formula is C21H13Cl3N2O3. The molecule has 0 saturated carbocycles. The number of halogens is 3. The molecule has 3 aromatic carbocycles. The van der Waals surface area contributed by atoms with Gasteiger partial charge in [-0.25, -0.2) is 10.2 Å². The standard InChI is InChI=1S/C21H13Cl3N2O3/c22-15-7-5-13(6-8-15)21(28)29-19-4-2-1-3-14(19)12-25-26-20(27)17-10-9-16(23)11-18(17)24/h1-12H,(H,26,27). The van der Waals surface area contributed by atoms with Crippen LogP contribution in [0, 0.1) is 0 Å². The van der Waals surface area contributed by atoms with Gasteiger partial charge in [-0.1, -0.05) is 46.9 Å². The van der Waals surface area contributed by atoms with Crippen molar-refractivity contribution >= 4 is 52.9 Å². The Hall–Kier alpha value is -2.86. The summed E-state index contributed by atoms with van der Waals surface area (Å²) in [5.41, 5.74) is 3.46. The predicted molar refractivity (Wildman–Crippen MR) is 114 cm³/mol. The molecule has 5 nitrogen and oxygen atoms in total. The van der Waals surface area contributed by atoms with Gasteiger partial charge in [-0.2, -0.15) is 5.10 Å². The number of benzene rings is 3. The van der Waals surface area contributed by atoms with Gasteiger partial charge in [0, 0.05) is 15.6 Å². The Balaban J connectivity index is 1.70. The molecule has 3 rings (SSSR count). The molecule has 146 valence electrons. The quantitative estimate of drug-likeness (QED) is 0.238. The van der Waals surface area contributed by atoms with Crippen LogP contribution in [0.3, 0.4) is 0 Å². The summed E-state index contributed by atoms with van der Waals surface area (Å²) in [5, 5.41) is 5.06. The summed E-state index contributed by atoms with van der Waals surface area (Å²) >= 11 is 17.7. The zero-order chi connectivity index (χ0) is 20.8. The van der Waals surface area contributed by atoms with Crippen LogP contribution in [0.4, 0.5) is 0 Å². The van der Waals surface area contributed by atoms with E-state index in [2.05, 4.69) is 10.5 Å². The molecule has 0 unspecified atom stereocenters. The molecule has 29 heavy (non-hydrogen) atoms. The average molecular weight is 448 g/mol. The number of ether oxygens (including phenoxy) is 1. The molecule has 3 aromatic rings. The van der Waals surface area contributed by atoms with Gasteiger partial charge in [-0.15, -0.1) is 0 Å². The first-order valence-electron chi connectivity index (χ1n) is 8.29. The first kappa shape index (κ1) is 20.9. The van der Waals surface area contributed by atoms with E-state index in [1.54, 1.807) is 54.6 Å². The van der Waals surface area contributed by atoms with Crippen LogP contribution in [0.5, 0.6) is 5.75 Å². The highest BCUT2D eigenvalue weighted by atomic mass is 35.5. The number of esters is 1. The van der Waals surface area contributed by atoms with Crippen LogP contribution in [0.2, 0.25) is 15.1 Å². The van der Waals surface area contributed by atoms with Crippen molar-refractivity contribution in [2.45, 2.75) is 0 Å². The second-order valence-corrected chi connectivity index (χ2v) is 7.04. The molecule has 0 atom stereocenters. The second kappa shape index (κ2) is 9.56. The monoisotopic (exact) mass is 446 g/mol. The lowest BCUT2D eigenvalue weighted by Crippen LogP contribution is -2.18. The molecular weight excluding hydrogens is 435 g/mol. The molecule has 0 aliphatic carbocycles. The summed E-state index contributed by atoms with van der Waals surface area (Å²) in [7, 11) is 0. The third-order valence-electron chi connectivity index (χ3n) is 3.75. The fraction of sp³-hybridized carbons (Fsp3) is 0. The van der Waals surface area contributed by atoms with Gasteiger partial charge in [0.15, 0.2) is 0 Å². The minimum absolute atomic E-state index is 0.211. The normalized spacial score (nSPS) is 10.7. The fourth-order valence-corrected chi connectivity index (χ4v) is 2.94. The number of hydrogen-bond donors (Lipinski definition) is 1. The Labute approximate surface area is 181 Å². The van der Waals surface area contributed by atoms with Gasteiger partial charge in [0.05, 0.1) is 22.4 Å². The van der Waals surface area contributed by atoms with Crippen LogP contribution in [0.15, 0.2) is 71.8 Å². The first-order chi connectivity index (χ1) is 13.9. The summed E-state index contributed by atoms with van der Waals surface area (Å²) in [6, 6.07) is 17.6. The molecule has 0 radical (unpaired) electrons. The Morgan fingerprint density at radius 1 is 0.897 bits per heavy atom. The van der Waals surface area contributed by atoms with Gasteiger partial charge in [0.2, 0.25) is 0 Å². The first-order valence-corrected chi connectivity index (χ1v) is 9.42. The zero-order valence-electron chi connectivity index (χ0n) is 14.7. The van der Waals surface area contributed by atoms with Crippen LogP contribution in [-0.4, -0.2) is 18.1 Å². The third kappa shape index (κ3) is 5.57. The number of hydrogen-bond acceptors (Lipinski definition) is 4. The Bertz CT molecular complexity index is 1080. The van der Waals surface area contributed by atoms with Crippen molar-refractivity contribution in [3.05, 3.63) is 98.5 Å². The number of nitrogens with zero attached hydrogens (tertiary/aromatic N) is 1. The molecule has 0 spiro atoms.